The Morgan fingerprint density at radius 3 is 2.68 bits per heavy atom. The van der Waals surface area contributed by atoms with Gasteiger partial charge in [0.1, 0.15) is 17.2 Å². The van der Waals surface area contributed by atoms with Crippen molar-refractivity contribution in [3.63, 3.8) is 0 Å². The average molecular weight is 267 g/mol. The van der Waals surface area contributed by atoms with E-state index in [2.05, 4.69) is 0 Å². The van der Waals surface area contributed by atoms with Crippen LogP contribution in [0.2, 0.25) is 0 Å². The van der Waals surface area contributed by atoms with E-state index in [9.17, 15) is 18.7 Å². The summed E-state index contributed by atoms with van der Waals surface area (Å²) in [4.78, 5) is 13.3. The summed E-state index contributed by atoms with van der Waals surface area (Å²) in [5.74, 6) is -1.48. The maximum atomic E-state index is 13.6. The molecule has 0 aromatic heterocycles. The summed E-state index contributed by atoms with van der Waals surface area (Å²) in [7, 11) is 0. The molecule has 0 aliphatic carbocycles. The summed E-state index contributed by atoms with van der Waals surface area (Å²) in [6.45, 7) is 3.25. The number of aliphatic hydroxyl groups is 1. The first-order chi connectivity index (χ1) is 8.79. The molecule has 0 saturated carbocycles. The smallest absolute Gasteiger partial charge is 0.254 e. The predicted octanol–water partition coefficient (Wildman–Crippen LogP) is 1.96. The van der Waals surface area contributed by atoms with Crippen molar-refractivity contribution in [3.8, 4) is 0 Å². The lowest BCUT2D eigenvalue weighted by molar-refractivity contribution is -0.146. The summed E-state index contributed by atoms with van der Waals surface area (Å²) in [6.07, 6.45) is 1.67. The van der Waals surface area contributed by atoms with Gasteiger partial charge in [-0.25, -0.2) is 8.78 Å². The van der Waals surface area contributed by atoms with Crippen LogP contribution in [0.4, 0.5) is 8.78 Å². The van der Waals surface area contributed by atoms with Gasteiger partial charge in [0.05, 0.1) is 0 Å². The number of halogens is 2. The van der Waals surface area contributed by atoms with E-state index in [1.807, 2.05) is 0 Å². The van der Waals surface area contributed by atoms with Crippen molar-refractivity contribution in [1.29, 1.82) is 0 Å². The lowest BCUT2D eigenvalue weighted by Gasteiger charge is -2.24. The summed E-state index contributed by atoms with van der Waals surface area (Å²) < 4.78 is 26.8. The van der Waals surface area contributed by atoms with Gasteiger partial charge in [0.15, 0.2) is 0 Å². The van der Waals surface area contributed by atoms with E-state index < -0.39 is 23.1 Å². The fraction of sp³-hybridized carbons (Fsp3) is 0.357. The fourth-order valence-corrected chi connectivity index (χ4v) is 2.04. The Kier molecular flexibility index (Phi) is 3.41. The molecule has 3 nitrogen and oxygen atoms in total. The van der Waals surface area contributed by atoms with E-state index in [0.29, 0.717) is 5.57 Å². The first-order valence-electron chi connectivity index (χ1n) is 5.95. The topological polar surface area (TPSA) is 40.5 Å². The zero-order chi connectivity index (χ0) is 14.2. The van der Waals surface area contributed by atoms with Gasteiger partial charge in [-0.3, -0.25) is 4.79 Å². The Bertz CT molecular complexity index is 547. The van der Waals surface area contributed by atoms with E-state index >= 15 is 0 Å². The van der Waals surface area contributed by atoms with Gasteiger partial charge >= 0.3 is 0 Å². The molecule has 0 atom stereocenters. The zero-order valence-corrected chi connectivity index (χ0v) is 10.8. The van der Waals surface area contributed by atoms with Gasteiger partial charge < -0.3 is 10.0 Å². The van der Waals surface area contributed by atoms with Gasteiger partial charge in [0.25, 0.3) is 5.91 Å². The second-order valence-electron chi connectivity index (χ2n) is 5.10. The van der Waals surface area contributed by atoms with Crippen molar-refractivity contribution in [2.75, 3.05) is 13.1 Å². The third kappa shape index (κ3) is 2.81. The van der Waals surface area contributed by atoms with Crippen molar-refractivity contribution in [2.24, 2.45) is 0 Å². The lowest BCUT2D eigenvalue weighted by atomic mass is 10.1. The standard InChI is InChI=1S/C14H15F2NO2/c1-14(2,19)13(18)17-6-5-9(8-17)11-7-10(15)3-4-12(11)16/h3-5,7,19H,6,8H2,1-2H3. The van der Waals surface area contributed by atoms with Gasteiger partial charge in [-0.05, 0) is 37.6 Å². The molecule has 5 heteroatoms. The molecule has 19 heavy (non-hydrogen) atoms. The van der Waals surface area contributed by atoms with E-state index in [-0.39, 0.29) is 18.7 Å². The van der Waals surface area contributed by atoms with Crippen LogP contribution in [0.5, 0.6) is 0 Å². The van der Waals surface area contributed by atoms with Crippen molar-refractivity contribution in [3.05, 3.63) is 41.5 Å². The normalized spacial score (nSPS) is 15.6. The first kappa shape index (κ1) is 13.7. The third-order valence-corrected chi connectivity index (χ3v) is 3.00. The molecule has 0 radical (unpaired) electrons. The average Bonchev–Trinajstić information content (AvgIpc) is 2.79. The van der Waals surface area contributed by atoms with Crippen LogP contribution in [0.3, 0.4) is 0 Å². The minimum atomic E-state index is -1.47. The Hall–Kier alpha value is -1.75. The molecule has 1 aromatic rings. The lowest BCUT2D eigenvalue weighted by Crippen LogP contribution is -2.44. The maximum Gasteiger partial charge on any atom is 0.254 e. The van der Waals surface area contributed by atoms with E-state index in [0.717, 1.165) is 18.2 Å². The zero-order valence-electron chi connectivity index (χ0n) is 10.8. The number of carbonyl (C=O) groups is 1. The van der Waals surface area contributed by atoms with E-state index in [1.165, 1.54) is 18.7 Å². The van der Waals surface area contributed by atoms with Gasteiger partial charge in [-0.1, -0.05) is 6.08 Å². The SMILES string of the molecule is CC(C)(O)C(=O)N1CC=C(c2cc(F)ccc2F)C1. The van der Waals surface area contributed by atoms with Crippen LogP contribution in [0.1, 0.15) is 19.4 Å². The number of hydrogen-bond donors (Lipinski definition) is 1. The summed E-state index contributed by atoms with van der Waals surface area (Å²) in [5, 5.41) is 9.65. The molecule has 1 amide bonds. The Labute approximate surface area is 110 Å². The highest BCUT2D eigenvalue weighted by Crippen LogP contribution is 2.25. The molecule has 0 unspecified atom stereocenters. The maximum absolute atomic E-state index is 13.6. The van der Waals surface area contributed by atoms with Crippen LogP contribution in [0, 0.1) is 11.6 Å². The predicted molar refractivity (Wildman–Crippen MR) is 67.2 cm³/mol. The van der Waals surface area contributed by atoms with Crippen molar-refractivity contribution < 1.29 is 18.7 Å². The first-order valence-corrected chi connectivity index (χ1v) is 5.95. The molecule has 102 valence electrons. The Morgan fingerprint density at radius 2 is 2.05 bits per heavy atom. The molecular formula is C14H15F2NO2. The molecule has 2 rings (SSSR count). The second-order valence-corrected chi connectivity index (χ2v) is 5.10. The van der Waals surface area contributed by atoms with Crippen molar-refractivity contribution in [2.45, 2.75) is 19.4 Å². The summed E-state index contributed by atoms with van der Waals surface area (Å²) in [5.41, 5.74) is -0.760. The number of carbonyl (C=O) groups excluding carboxylic acids is 1. The number of amides is 1. The molecule has 1 aliphatic rings. The molecule has 1 aliphatic heterocycles. The van der Waals surface area contributed by atoms with Crippen LogP contribution in [-0.4, -0.2) is 34.6 Å². The van der Waals surface area contributed by atoms with E-state index in [1.54, 1.807) is 6.08 Å². The Morgan fingerprint density at radius 1 is 1.37 bits per heavy atom. The quantitative estimate of drug-likeness (QED) is 0.890. The van der Waals surface area contributed by atoms with Crippen LogP contribution in [0.15, 0.2) is 24.3 Å². The van der Waals surface area contributed by atoms with Crippen LogP contribution >= 0.6 is 0 Å². The summed E-state index contributed by atoms with van der Waals surface area (Å²) in [6, 6.07) is 3.22. The van der Waals surface area contributed by atoms with Crippen LogP contribution in [-0.2, 0) is 4.79 Å². The molecule has 1 aromatic carbocycles. The van der Waals surface area contributed by atoms with Crippen LogP contribution < -0.4 is 0 Å². The van der Waals surface area contributed by atoms with Gasteiger partial charge in [0.2, 0.25) is 0 Å². The Balaban J connectivity index is 2.18. The minimum absolute atomic E-state index is 0.158. The molecule has 0 bridgehead atoms. The molecule has 0 fully saturated rings. The monoisotopic (exact) mass is 267 g/mol. The van der Waals surface area contributed by atoms with Crippen molar-refractivity contribution in [1.82, 2.24) is 4.90 Å². The highest BCUT2D eigenvalue weighted by molar-refractivity contribution is 5.87. The number of hydrogen-bond acceptors (Lipinski definition) is 2. The number of rotatable bonds is 2. The molecule has 1 heterocycles. The molecular weight excluding hydrogens is 252 g/mol. The molecule has 0 spiro atoms. The highest BCUT2D eigenvalue weighted by Gasteiger charge is 2.32. The number of benzene rings is 1. The number of nitrogens with zero attached hydrogens (tertiary/aromatic N) is 1. The largest absolute Gasteiger partial charge is 0.381 e. The van der Waals surface area contributed by atoms with Crippen LogP contribution in [0.25, 0.3) is 5.57 Å². The minimum Gasteiger partial charge on any atom is -0.381 e. The van der Waals surface area contributed by atoms with Gasteiger partial charge in [-0.15, -0.1) is 0 Å². The third-order valence-electron chi connectivity index (χ3n) is 3.00. The second kappa shape index (κ2) is 4.74. The van der Waals surface area contributed by atoms with E-state index in [4.69, 9.17) is 0 Å². The highest BCUT2D eigenvalue weighted by atomic mass is 19.1. The fourth-order valence-electron chi connectivity index (χ4n) is 2.04. The van der Waals surface area contributed by atoms with Crippen molar-refractivity contribution >= 4 is 11.5 Å². The molecule has 1 N–H and O–H groups in total. The van der Waals surface area contributed by atoms with Gasteiger partial charge in [0, 0.05) is 18.7 Å². The summed E-state index contributed by atoms with van der Waals surface area (Å²) >= 11 is 0. The molecule has 0 saturated heterocycles. The van der Waals surface area contributed by atoms with Gasteiger partial charge in [-0.2, -0.15) is 0 Å².